The summed E-state index contributed by atoms with van der Waals surface area (Å²) in [7, 11) is 1.86. The molecule has 1 fully saturated rings. The minimum absolute atomic E-state index is 0.113. The second-order valence-corrected chi connectivity index (χ2v) is 6.72. The van der Waals surface area contributed by atoms with E-state index >= 15 is 0 Å². The Kier molecular flexibility index (Phi) is 3.89. The van der Waals surface area contributed by atoms with E-state index in [1.807, 2.05) is 36.7 Å². The molecule has 3 rings (SSSR count). The first-order valence-electron chi connectivity index (χ1n) is 7.33. The number of nitrogens with zero attached hydrogens (tertiary/aromatic N) is 4. The zero-order chi connectivity index (χ0) is 15.0. The fraction of sp³-hybridized carbons (Fsp3) is 0.533. The van der Waals surface area contributed by atoms with E-state index in [-0.39, 0.29) is 5.91 Å². The third-order valence-electron chi connectivity index (χ3n) is 3.85. The van der Waals surface area contributed by atoms with Crippen LogP contribution in [0.4, 0.5) is 0 Å². The van der Waals surface area contributed by atoms with Crippen molar-refractivity contribution in [2.45, 2.75) is 32.1 Å². The fourth-order valence-electron chi connectivity index (χ4n) is 2.81. The number of pyridine rings is 1. The molecular weight excluding hydrogens is 284 g/mol. The molecule has 21 heavy (non-hydrogen) atoms. The lowest BCUT2D eigenvalue weighted by molar-refractivity contribution is 0.0758. The molecule has 1 amide bonds. The Balaban J connectivity index is 2.01. The minimum atomic E-state index is 0.113. The fourth-order valence-corrected chi connectivity index (χ4v) is 4.17. The van der Waals surface area contributed by atoms with E-state index < -0.39 is 0 Å². The number of aryl methyl sites for hydroxylation is 2. The van der Waals surface area contributed by atoms with Crippen molar-refractivity contribution in [3.05, 3.63) is 23.5 Å². The van der Waals surface area contributed by atoms with Crippen LogP contribution in [0.2, 0.25) is 0 Å². The monoisotopic (exact) mass is 304 g/mol. The Labute approximate surface area is 128 Å². The predicted molar refractivity (Wildman–Crippen MR) is 85.4 cm³/mol. The highest BCUT2D eigenvalue weighted by atomic mass is 32.2. The van der Waals surface area contributed by atoms with Crippen molar-refractivity contribution >= 4 is 28.7 Å². The maximum absolute atomic E-state index is 13.0. The second kappa shape index (κ2) is 5.67. The van der Waals surface area contributed by atoms with Crippen LogP contribution in [0.5, 0.6) is 0 Å². The lowest BCUT2D eigenvalue weighted by Crippen LogP contribution is -2.35. The van der Waals surface area contributed by atoms with E-state index in [0.29, 0.717) is 5.37 Å². The van der Waals surface area contributed by atoms with Gasteiger partial charge in [-0.3, -0.25) is 9.48 Å². The first-order valence-corrected chi connectivity index (χ1v) is 8.38. The number of hydrogen-bond donors (Lipinski definition) is 0. The summed E-state index contributed by atoms with van der Waals surface area (Å²) < 4.78 is 1.72. The van der Waals surface area contributed by atoms with Crippen LogP contribution in [0.25, 0.3) is 11.0 Å². The normalized spacial score (nSPS) is 18.6. The summed E-state index contributed by atoms with van der Waals surface area (Å²) in [6, 6.07) is 1.89. The predicted octanol–water partition coefficient (Wildman–Crippen LogP) is 2.59. The topological polar surface area (TPSA) is 51.0 Å². The van der Waals surface area contributed by atoms with Crippen LogP contribution in [-0.2, 0) is 7.05 Å². The van der Waals surface area contributed by atoms with Gasteiger partial charge in [0.05, 0.1) is 22.5 Å². The van der Waals surface area contributed by atoms with Gasteiger partial charge < -0.3 is 4.90 Å². The third kappa shape index (κ3) is 2.52. The van der Waals surface area contributed by atoms with Gasteiger partial charge in [-0.15, -0.1) is 11.8 Å². The van der Waals surface area contributed by atoms with Gasteiger partial charge in [-0.25, -0.2) is 4.98 Å². The summed E-state index contributed by atoms with van der Waals surface area (Å²) in [6.07, 6.45) is 3.89. The highest BCUT2D eigenvalue weighted by molar-refractivity contribution is 8.00. The van der Waals surface area contributed by atoms with Crippen molar-refractivity contribution < 1.29 is 4.79 Å². The van der Waals surface area contributed by atoms with E-state index in [9.17, 15) is 4.79 Å². The summed E-state index contributed by atoms with van der Waals surface area (Å²) in [4.78, 5) is 19.4. The van der Waals surface area contributed by atoms with Gasteiger partial charge in [-0.1, -0.05) is 13.3 Å². The second-order valence-electron chi connectivity index (χ2n) is 5.43. The summed E-state index contributed by atoms with van der Waals surface area (Å²) >= 11 is 1.88. The van der Waals surface area contributed by atoms with Crippen molar-refractivity contribution in [2.75, 3.05) is 12.3 Å². The first-order chi connectivity index (χ1) is 10.1. The molecule has 1 aliphatic rings. The standard InChI is InChI=1S/C15H20N4OS/c1-4-5-13-19(6-7-21-13)15(20)11-8-10(2)17-14-12(11)9-16-18(14)3/h8-9,13H,4-7H2,1-3H3. The van der Waals surface area contributed by atoms with Gasteiger partial charge in [0, 0.05) is 25.0 Å². The molecule has 112 valence electrons. The lowest BCUT2D eigenvalue weighted by atomic mass is 10.1. The Morgan fingerprint density at radius 3 is 3.10 bits per heavy atom. The highest BCUT2D eigenvalue weighted by Gasteiger charge is 2.30. The molecular formula is C15H20N4OS. The molecule has 0 bridgehead atoms. The maximum atomic E-state index is 13.0. The number of carbonyl (C=O) groups excluding carboxylic acids is 1. The summed E-state index contributed by atoms with van der Waals surface area (Å²) in [5, 5.41) is 5.40. The quantitative estimate of drug-likeness (QED) is 0.874. The molecule has 5 nitrogen and oxygen atoms in total. The van der Waals surface area contributed by atoms with E-state index in [1.54, 1.807) is 10.9 Å². The van der Waals surface area contributed by atoms with Crippen LogP contribution in [0.15, 0.2) is 12.3 Å². The number of aromatic nitrogens is 3. The van der Waals surface area contributed by atoms with Gasteiger partial charge in [-0.2, -0.15) is 5.10 Å². The Bertz CT molecular complexity index is 682. The number of rotatable bonds is 3. The molecule has 1 saturated heterocycles. The Morgan fingerprint density at radius 2 is 2.33 bits per heavy atom. The van der Waals surface area contributed by atoms with Crippen molar-refractivity contribution in [1.29, 1.82) is 0 Å². The van der Waals surface area contributed by atoms with Crippen LogP contribution < -0.4 is 0 Å². The molecule has 2 aromatic rings. The van der Waals surface area contributed by atoms with E-state index in [2.05, 4.69) is 17.0 Å². The minimum Gasteiger partial charge on any atom is -0.326 e. The van der Waals surface area contributed by atoms with Gasteiger partial charge in [0.1, 0.15) is 0 Å². The molecule has 1 atom stereocenters. The molecule has 0 radical (unpaired) electrons. The molecule has 0 aliphatic carbocycles. The van der Waals surface area contributed by atoms with Gasteiger partial charge in [-0.05, 0) is 19.4 Å². The number of thioether (sulfide) groups is 1. The average molecular weight is 304 g/mol. The first kappa shape index (κ1) is 14.4. The molecule has 2 aromatic heterocycles. The van der Waals surface area contributed by atoms with Gasteiger partial charge in [0.25, 0.3) is 5.91 Å². The molecule has 0 N–H and O–H groups in total. The summed E-state index contributed by atoms with van der Waals surface area (Å²) in [6.45, 7) is 4.92. The largest absolute Gasteiger partial charge is 0.326 e. The molecule has 0 saturated carbocycles. The smallest absolute Gasteiger partial charge is 0.255 e. The number of hydrogen-bond acceptors (Lipinski definition) is 4. The van der Waals surface area contributed by atoms with Crippen LogP contribution in [-0.4, -0.2) is 43.2 Å². The molecule has 6 heteroatoms. The average Bonchev–Trinajstić information content (AvgIpc) is 3.06. The maximum Gasteiger partial charge on any atom is 0.255 e. The number of carbonyl (C=O) groups is 1. The van der Waals surface area contributed by atoms with E-state index in [0.717, 1.165) is 47.4 Å². The molecule has 1 aliphatic heterocycles. The van der Waals surface area contributed by atoms with Crippen LogP contribution >= 0.6 is 11.8 Å². The Morgan fingerprint density at radius 1 is 1.52 bits per heavy atom. The molecule has 0 spiro atoms. The number of amides is 1. The van der Waals surface area contributed by atoms with E-state index in [4.69, 9.17) is 0 Å². The van der Waals surface area contributed by atoms with Crippen LogP contribution in [0.1, 0.15) is 35.8 Å². The Hall–Kier alpha value is -1.56. The molecule has 1 unspecified atom stereocenters. The lowest BCUT2D eigenvalue weighted by Gasteiger charge is -2.23. The van der Waals surface area contributed by atoms with Crippen molar-refractivity contribution in [2.24, 2.45) is 7.05 Å². The van der Waals surface area contributed by atoms with Crippen LogP contribution in [0.3, 0.4) is 0 Å². The van der Waals surface area contributed by atoms with Gasteiger partial charge in [0.2, 0.25) is 0 Å². The highest BCUT2D eigenvalue weighted by Crippen LogP contribution is 2.30. The zero-order valence-electron chi connectivity index (χ0n) is 12.7. The molecule has 3 heterocycles. The number of fused-ring (bicyclic) bond motifs is 1. The van der Waals surface area contributed by atoms with Crippen molar-refractivity contribution in [1.82, 2.24) is 19.7 Å². The zero-order valence-corrected chi connectivity index (χ0v) is 13.5. The SMILES string of the molecule is CCCC1SCCN1C(=O)c1cc(C)nc2c1cnn2C. The summed E-state index contributed by atoms with van der Waals surface area (Å²) in [5.74, 6) is 1.14. The van der Waals surface area contributed by atoms with Crippen molar-refractivity contribution in [3.63, 3.8) is 0 Å². The summed E-state index contributed by atoms with van der Waals surface area (Å²) in [5.41, 5.74) is 2.36. The van der Waals surface area contributed by atoms with Gasteiger partial charge in [0.15, 0.2) is 5.65 Å². The van der Waals surface area contributed by atoms with E-state index in [1.165, 1.54) is 0 Å². The van der Waals surface area contributed by atoms with Crippen molar-refractivity contribution in [3.8, 4) is 0 Å². The van der Waals surface area contributed by atoms with Gasteiger partial charge >= 0.3 is 0 Å². The third-order valence-corrected chi connectivity index (χ3v) is 5.14. The molecule has 0 aromatic carbocycles. The van der Waals surface area contributed by atoms with Crippen LogP contribution in [0, 0.1) is 6.92 Å².